The van der Waals surface area contributed by atoms with Crippen molar-refractivity contribution in [3.63, 3.8) is 0 Å². The van der Waals surface area contributed by atoms with E-state index in [1.165, 1.54) is 12.1 Å². The summed E-state index contributed by atoms with van der Waals surface area (Å²) in [6.07, 6.45) is 0. The van der Waals surface area contributed by atoms with Gasteiger partial charge in [0.2, 0.25) is 5.95 Å². The number of benzene rings is 2. The Bertz CT molecular complexity index is 791. The first kappa shape index (κ1) is 12.8. The maximum Gasteiger partial charge on any atom is 0.222 e. The van der Waals surface area contributed by atoms with E-state index >= 15 is 0 Å². The Morgan fingerprint density at radius 2 is 1.90 bits per heavy atom. The first-order valence-corrected chi connectivity index (χ1v) is 6.67. The summed E-state index contributed by atoms with van der Waals surface area (Å²) >= 11 is 3.37. The van der Waals surface area contributed by atoms with E-state index in [4.69, 9.17) is 5.73 Å². The van der Waals surface area contributed by atoms with Crippen LogP contribution in [0.5, 0.6) is 0 Å². The molecule has 0 saturated heterocycles. The van der Waals surface area contributed by atoms with E-state index < -0.39 is 0 Å². The van der Waals surface area contributed by atoms with Crippen LogP contribution in [0.1, 0.15) is 0 Å². The van der Waals surface area contributed by atoms with Crippen LogP contribution in [0.2, 0.25) is 0 Å². The summed E-state index contributed by atoms with van der Waals surface area (Å²) in [6, 6.07) is 11.9. The number of aromatic nitrogens is 2. The molecule has 100 valence electrons. The molecule has 0 aliphatic carbocycles. The molecule has 0 radical (unpaired) electrons. The Morgan fingerprint density at radius 1 is 1.10 bits per heavy atom. The van der Waals surface area contributed by atoms with Gasteiger partial charge in [0.25, 0.3) is 0 Å². The van der Waals surface area contributed by atoms with Gasteiger partial charge in [-0.3, -0.25) is 0 Å². The smallest absolute Gasteiger partial charge is 0.222 e. The molecule has 0 unspecified atom stereocenters. The third kappa shape index (κ3) is 2.42. The Balaban J connectivity index is 2.13. The van der Waals surface area contributed by atoms with Crippen LogP contribution in [0.3, 0.4) is 0 Å². The highest BCUT2D eigenvalue weighted by Gasteiger charge is 2.08. The van der Waals surface area contributed by atoms with Crippen molar-refractivity contribution in [1.29, 1.82) is 0 Å². The summed E-state index contributed by atoms with van der Waals surface area (Å²) in [6.45, 7) is 0. The molecule has 0 saturated carbocycles. The minimum Gasteiger partial charge on any atom is -0.368 e. The van der Waals surface area contributed by atoms with E-state index in [0.717, 1.165) is 15.4 Å². The zero-order valence-electron chi connectivity index (χ0n) is 10.3. The number of halogens is 2. The van der Waals surface area contributed by atoms with Crippen LogP contribution >= 0.6 is 15.9 Å². The number of nitrogen functional groups attached to an aromatic ring is 1. The van der Waals surface area contributed by atoms with Gasteiger partial charge in [0, 0.05) is 9.86 Å². The van der Waals surface area contributed by atoms with Crippen LogP contribution in [-0.4, -0.2) is 9.97 Å². The third-order valence-corrected chi connectivity index (χ3v) is 3.49. The molecule has 0 fully saturated rings. The highest BCUT2D eigenvalue weighted by Crippen LogP contribution is 2.29. The van der Waals surface area contributed by atoms with E-state index in [1.807, 2.05) is 24.3 Å². The van der Waals surface area contributed by atoms with Gasteiger partial charge in [-0.05, 0) is 46.3 Å². The molecule has 1 aromatic heterocycles. The highest BCUT2D eigenvalue weighted by molar-refractivity contribution is 9.10. The predicted molar refractivity (Wildman–Crippen MR) is 81.3 cm³/mol. The minimum atomic E-state index is -0.331. The summed E-state index contributed by atoms with van der Waals surface area (Å²) in [4.78, 5) is 8.34. The van der Waals surface area contributed by atoms with Crippen LogP contribution in [0, 0.1) is 5.82 Å². The molecule has 3 rings (SSSR count). The van der Waals surface area contributed by atoms with Crippen LogP contribution in [0.25, 0.3) is 10.9 Å². The molecule has 0 bridgehead atoms. The number of nitrogens with one attached hydrogen (secondary N) is 1. The van der Waals surface area contributed by atoms with E-state index in [9.17, 15) is 4.39 Å². The number of hydrogen-bond acceptors (Lipinski definition) is 4. The van der Waals surface area contributed by atoms with Crippen molar-refractivity contribution in [2.45, 2.75) is 0 Å². The van der Waals surface area contributed by atoms with Gasteiger partial charge < -0.3 is 11.1 Å². The number of rotatable bonds is 2. The second-order valence-corrected chi connectivity index (χ2v) is 5.05. The number of para-hydroxylation sites is 1. The lowest BCUT2D eigenvalue weighted by Crippen LogP contribution is -2.02. The largest absolute Gasteiger partial charge is 0.368 e. The average Bonchev–Trinajstić information content (AvgIpc) is 2.43. The van der Waals surface area contributed by atoms with Crippen molar-refractivity contribution in [2.24, 2.45) is 0 Å². The summed E-state index contributed by atoms with van der Waals surface area (Å²) in [5.74, 6) is 0.375. The molecule has 3 aromatic rings. The second kappa shape index (κ2) is 5.05. The zero-order chi connectivity index (χ0) is 14.1. The zero-order valence-corrected chi connectivity index (χ0v) is 11.9. The van der Waals surface area contributed by atoms with Gasteiger partial charge in [-0.15, -0.1) is 0 Å². The summed E-state index contributed by atoms with van der Waals surface area (Å²) in [5.41, 5.74) is 7.01. The lowest BCUT2D eigenvalue weighted by atomic mass is 10.2. The third-order valence-electron chi connectivity index (χ3n) is 2.80. The first-order chi connectivity index (χ1) is 9.63. The molecular formula is C14H10BrFN4. The molecule has 0 aliphatic heterocycles. The average molecular weight is 333 g/mol. The van der Waals surface area contributed by atoms with Gasteiger partial charge in [0.1, 0.15) is 11.6 Å². The van der Waals surface area contributed by atoms with Crippen LogP contribution in [-0.2, 0) is 0 Å². The van der Waals surface area contributed by atoms with Gasteiger partial charge >= 0.3 is 0 Å². The van der Waals surface area contributed by atoms with Gasteiger partial charge in [0.05, 0.1) is 11.2 Å². The van der Waals surface area contributed by atoms with E-state index in [0.29, 0.717) is 11.5 Å². The van der Waals surface area contributed by atoms with Crippen molar-refractivity contribution >= 4 is 44.3 Å². The fourth-order valence-electron chi connectivity index (χ4n) is 1.91. The minimum absolute atomic E-state index is 0.165. The topological polar surface area (TPSA) is 63.8 Å². The van der Waals surface area contributed by atoms with Gasteiger partial charge in [-0.1, -0.05) is 12.1 Å². The number of fused-ring (bicyclic) bond motifs is 1. The lowest BCUT2D eigenvalue weighted by Gasteiger charge is -2.11. The SMILES string of the molecule is Nc1nc(Nc2cc(F)ccc2Br)c2ccccc2n1. The van der Waals surface area contributed by atoms with Crippen molar-refractivity contribution in [3.05, 3.63) is 52.8 Å². The Kier molecular flexibility index (Phi) is 3.23. The predicted octanol–water partition coefficient (Wildman–Crippen LogP) is 3.86. The Morgan fingerprint density at radius 3 is 2.75 bits per heavy atom. The quantitative estimate of drug-likeness (QED) is 0.748. The highest BCUT2D eigenvalue weighted by atomic mass is 79.9. The maximum absolute atomic E-state index is 13.3. The maximum atomic E-state index is 13.3. The molecule has 20 heavy (non-hydrogen) atoms. The van der Waals surface area contributed by atoms with Gasteiger partial charge in [-0.25, -0.2) is 9.37 Å². The number of anilines is 3. The lowest BCUT2D eigenvalue weighted by molar-refractivity contribution is 0.628. The molecule has 2 aromatic carbocycles. The standard InChI is InChI=1S/C14H10BrFN4/c15-10-6-5-8(16)7-12(10)18-13-9-3-1-2-4-11(9)19-14(17)20-13/h1-7H,(H3,17,18,19,20). The normalized spacial score (nSPS) is 10.7. The number of nitrogens with two attached hydrogens (primary N) is 1. The summed E-state index contributed by atoms with van der Waals surface area (Å²) in [7, 11) is 0. The molecule has 6 heteroatoms. The van der Waals surface area contributed by atoms with Crippen LogP contribution in [0.4, 0.5) is 21.8 Å². The van der Waals surface area contributed by atoms with Crippen molar-refractivity contribution < 1.29 is 4.39 Å². The number of hydrogen-bond donors (Lipinski definition) is 2. The van der Waals surface area contributed by atoms with Crippen molar-refractivity contribution in [3.8, 4) is 0 Å². The summed E-state index contributed by atoms with van der Waals surface area (Å²) in [5, 5.41) is 3.90. The van der Waals surface area contributed by atoms with E-state index in [1.54, 1.807) is 6.07 Å². The van der Waals surface area contributed by atoms with E-state index in [-0.39, 0.29) is 11.8 Å². The Hall–Kier alpha value is -2.21. The molecule has 0 amide bonds. The molecule has 3 N–H and O–H groups in total. The van der Waals surface area contributed by atoms with E-state index in [2.05, 4.69) is 31.2 Å². The molecule has 1 heterocycles. The van der Waals surface area contributed by atoms with Crippen molar-refractivity contribution in [2.75, 3.05) is 11.1 Å². The van der Waals surface area contributed by atoms with Crippen LogP contribution in [0.15, 0.2) is 46.9 Å². The first-order valence-electron chi connectivity index (χ1n) is 5.88. The second-order valence-electron chi connectivity index (χ2n) is 4.20. The summed E-state index contributed by atoms with van der Waals surface area (Å²) < 4.78 is 14.1. The van der Waals surface area contributed by atoms with Gasteiger partial charge in [0.15, 0.2) is 0 Å². The van der Waals surface area contributed by atoms with Gasteiger partial charge in [-0.2, -0.15) is 4.98 Å². The fourth-order valence-corrected chi connectivity index (χ4v) is 2.26. The van der Waals surface area contributed by atoms with Crippen molar-refractivity contribution in [1.82, 2.24) is 9.97 Å². The molecule has 0 aliphatic rings. The molecule has 0 spiro atoms. The Labute approximate surface area is 123 Å². The molecule has 4 nitrogen and oxygen atoms in total. The van der Waals surface area contributed by atoms with Crippen LogP contribution < -0.4 is 11.1 Å². The fraction of sp³-hybridized carbons (Fsp3) is 0. The molecular weight excluding hydrogens is 323 g/mol. The number of nitrogens with zero attached hydrogens (tertiary/aromatic N) is 2. The molecule has 0 atom stereocenters. The monoisotopic (exact) mass is 332 g/mol.